The van der Waals surface area contributed by atoms with Crippen molar-refractivity contribution in [3.8, 4) is 11.6 Å². The number of aromatic nitrogens is 1. The average molecular weight is 297 g/mol. The van der Waals surface area contributed by atoms with E-state index in [1.54, 1.807) is 44.2 Å². The van der Waals surface area contributed by atoms with Crippen LogP contribution >= 0.6 is 0 Å². The molecule has 0 aliphatic heterocycles. The van der Waals surface area contributed by atoms with E-state index in [1.807, 2.05) is 0 Å². The molecule has 0 spiro atoms. The molecule has 0 saturated heterocycles. The van der Waals surface area contributed by atoms with Crippen LogP contribution in [-0.4, -0.2) is 16.9 Å². The number of hydrogen-bond acceptors (Lipinski definition) is 5. The Hall–Kier alpha value is -2.95. The van der Waals surface area contributed by atoms with E-state index in [9.17, 15) is 9.59 Å². The lowest BCUT2D eigenvalue weighted by Crippen LogP contribution is -2.09. The SMILES string of the molecule is C=C(C)C(=O)Oc1ccc2nc(OC(=O)C(=C)C)ccc2c1. The number of esters is 2. The number of carbonyl (C=O) groups excluding carboxylic acids is 2. The molecule has 2 aromatic rings. The highest BCUT2D eigenvalue weighted by Gasteiger charge is 2.09. The van der Waals surface area contributed by atoms with Gasteiger partial charge in [-0.15, -0.1) is 0 Å². The molecule has 112 valence electrons. The first kappa shape index (κ1) is 15.4. The largest absolute Gasteiger partial charge is 0.423 e. The van der Waals surface area contributed by atoms with Gasteiger partial charge in [0.05, 0.1) is 5.52 Å². The van der Waals surface area contributed by atoms with Crippen molar-refractivity contribution in [2.75, 3.05) is 0 Å². The standard InChI is InChI=1S/C17H15NO4/c1-10(2)16(19)21-13-6-7-14-12(9-13)5-8-15(18-14)22-17(20)11(3)4/h5-9H,1,3H2,2,4H3. The van der Waals surface area contributed by atoms with Crippen molar-refractivity contribution in [2.24, 2.45) is 0 Å². The van der Waals surface area contributed by atoms with Crippen molar-refractivity contribution >= 4 is 22.8 Å². The van der Waals surface area contributed by atoms with Crippen molar-refractivity contribution < 1.29 is 19.1 Å². The Morgan fingerprint density at radius 3 is 2.23 bits per heavy atom. The molecule has 5 nitrogen and oxygen atoms in total. The van der Waals surface area contributed by atoms with Crippen LogP contribution in [0.3, 0.4) is 0 Å². The molecular formula is C17H15NO4. The molecule has 0 aliphatic rings. The van der Waals surface area contributed by atoms with Crippen molar-refractivity contribution in [2.45, 2.75) is 13.8 Å². The maximum Gasteiger partial charge on any atom is 0.339 e. The van der Waals surface area contributed by atoms with E-state index in [4.69, 9.17) is 9.47 Å². The fraction of sp³-hybridized carbons (Fsp3) is 0.118. The molecule has 1 heterocycles. The monoisotopic (exact) mass is 297 g/mol. The molecule has 22 heavy (non-hydrogen) atoms. The highest BCUT2D eigenvalue weighted by molar-refractivity contribution is 5.90. The molecule has 0 aliphatic carbocycles. The van der Waals surface area contributed by atoms with Gasteiger partial charge < -0.3 is 9.47 Å². The Kier molecular flexibility index (Phi) is 4.36. The second-order valence-electron chi connectivity index (χ2n) is 4.84. The number of benzene rings is 1. The maximum absolute atomic E-state index is 11.5. The zero-order chi connectivity index (χ0) is 16.3. The summed E-state index contributed by atoms with van der Waals surface area (Å²) < 4.78 is 10.2. The number of fused-ring (bicyclic) bond motifs is 1. The summed E-state index contributed by atoms with van der Waals surface area (Å²) in [6, 6.07) is 8.25. The molecule has 1 aromatic carbocycles. The van der Waals surface area contributed by atoms with Gasteiger partial charge in [0.2, 0.25) is 5.88 Å². The number of carbonyl (C=O) groups is 2. The minimum absolute atomic E-state index is 0.187. The van der Waals surface area contributed by atoms with E-state index >= 15 is 0 Å². The van der Waals surface area contributed by atoms with E-state index in [-0.39, 0.29) is 5.88 Å². The van der Waals surface area contributed by atoms with Crippen LogP contribution in [-0.2, 0) is 9.59 Å². The van der Waals surface area contributed by atoms with Crippen LogP contribution in [0.2, 0.25) is 0 Å². The fourth-order valence-corrected chi connectivity index (χ4v) is 1.58. The van der Waals surface area contributed by atoms with Crippen LogP contribution in [0.1, 0.15) is 13.8 Å². The van der Waals surface area contributed by atoms with Gasteiger partial charge in [0.15, 0.2) is 0 Å². The highest BCUT2D eigenvalue weighted by atomic mass is 16.5. The van der Waals surface area contributed by atoms with Crippen molar-refractivity contribution in [1.29, 1.82) is 0 Å². The molecule has 0 atom stereocenters. The average Bonchev–Trinajstić information content (AvgIpc) is 2.47. The van der Waals surface area contributed by atoms with Crippen molar-refractivity contribution in [1.82, 2.24) is 4.98 Å². The molecule has 2 rings (SSSR count). The molecule has 1 aromatic heterocycles. The summed E-state index contributed by atoms with van der Waals surface area (Å²) in [6.45, 7) is 10.2. The number of hydrogen-bond donors (Lipinski definition) is 0. The second kappa shape index (κ2) is 6.22. The molecule has 0 amide bonds. The van der Waals surface area contributed by atoms with Gasteiger partial charge in [-0.1, -0.05) is 13.2 Å². The lowest BCUT2D eigenvalue weighted by Gasteiger charge is -2.07. The van der Waals surface area contributed by atoms with Gasteiger partial charge in [0, 0.05) is 22.6 Å². The predicted octanol–water partition coefficient (Wildman–Crippen LogP) is 3.20. The Balaban J connectivity index is 2.25. The minimum Gasteiger partial charge on any atom is -0.423 e. The second-order valence-corrected chi connectivity index (χ2v) is 4.84. The molecule has 0 saturated carbocycles. The first-order valence-corrected chi connectivity index (χ1v) is 6.53. The molecule has 0 N–H and O–H groups in total. The summed E-state index contributed by atoms with van der Waals surface area (Å²) in [7, 11) is 0. The minimum atomic E-state index is -0.529. The first-order valence-electron chi connectivity index (χ1n) is 6.53. The molecule has 0 radical (unpaired) electrons. The molecular weight excluding hydrogens is 282 g/mol. The van der Waals surface area contributed by atoms with Gasteiger partial charge in [-0.25, -0.2) is 14.6 Å². The zero-order valence-electron chi connectivity index (χ0n) is 12.4. The first-order chi connectivity index (χ1) is 10.4. The van der Waals surface area contributed by atoms with E-state index in [2.05, 4.69) is 18.1 Å². The van der Waals surface area contributed by atoms with Gasteiger partial charge in [-0.05, 0) is 38.1 Å². The number of rotatable bonds is 4. The normalized spacial score (nSPS) is 10.1. The molecule has 0 unspecified atom stereocenters. The third kappa shape index (κ3) is 3.58. The summed E-state index contributed by atoms with van der Waals surface area (Å²) in [5.41, 5.74) is 1.23. The van der Waals surface area contributed by atoms with E-state index in [0.29, 0.717) is 22.4 Å². The quantitative estimate of drug-likeness (QED) is 0.492. The Morgan fingerprint density at radius 2 is 1.59 bits per heavy atom. The van der Waals surface area contributed by atoms with Crippen LogP contribution < -0.4 is 9.47 Å². The zero-order valence-corrected chi connectivity index (χ0v) is 12.4. The van der Waals surface area contributed by atoms with Gasteiger partial charge in [-0.2, -0.15) is 0 Å². The highest BCUT2D eigenvalue weighted by Crippen LogP contribution is 2.22. The smallest absolute Gasteiger partial charge is 0.339 e. The maximum atomic E-state index is 11.5. The Bertz CT molecular complexity index is 725. The van der Waals surface area contributed by atoms with Crippen LogP contribution in [0.4, 0.5) is 0 Å². The summed E-state index contributed by atoms with van der Waals surface area (Å²) >= 11 is 0. The Morgan fingerprint density at radius 1 is 0.955 bits per heavy atom. The lowest BCUT2D eigenvalue weighted by molar-refractivity contribution is -0.131. The van der Waals surface area contributed by atoms with Crippen molar-refractivity contribution in [3.63, 3.8) is 0 Å². The van der Waals surface area contributed by atoms with E-state index in [1.165, 1.54) is 0 Å². The third-order valence-electron chi connectivity index (χ3n) is 2.74. The summed E-state index contributed by atoms with van der Waals surface area (Å²) in [4.78, 5) is 27.2. The summed E-state index contributed by atoms with van der Waals surface area (Å²) in [5, 5.41) is 0.752. The lowest BCUT2D eigenvalue weighted by atomic mass is 10.2. The van der Waals surface area contributed by atoms with E-state index in [0.717, 1.165) is 5.39 Å². The van der Waals surface area contributed by atoms with Crippen LogP contribution in [0.5, 0.6) is 11.6 Å². The Labute approximate surface area is 127 Å². The van der Waals surface area contributed by atoms with Gasteiger partial charge in [0.1, 0.15) is 5.75 Å². The predicted molar refractivity (Wildman–Crippen MR) is 82.6 cm³/mol. The molecule has 0 bridgehead atoms. The number of pyridine rings is 1. The topological polar surface area (TPSA) is 65.5 Å². The van der Waals surface area contributed by atoms with Crippen LogP contribution in [0.15, 0.2) is 54.6 Å². The molecule has 5 heteroatoms. The van der Waals surface area contributed by atoms with Gasteiger partial charge in [-0.3, -0.25) is 0 Å². The third-order valence-corrected chi connectivity index (χ3v) is 2.74. The summed E-state index contributed by atoms with van der Waals surface area (Å²) in [6.07, 6.45) is 0. The number of nitrogens with zero attached hydrogens (tertiary/aromatic N) is 1. The van der Waals surface area contributed by atoms with E-state index < -0.39 is 11.9 Å². The fourth-order valence-electron chi connectivity index (χ4n) is 1.58. The van der Waals surface area contributed by atoms with Gasteiger partial charge in [0.25, 0.3) is 0 Å². The number of ether oxygens (including phenoxy) is 2. The van der Waals surface area contributed by atoms with Crippen LogP contribution in [0, 0.1) is 0 Å². The summed E-state index contributed by atoms with van der Waals surface area (Å²) in [5.74, 6) is -0.431. The molecule has 0 fully saturated rings. The van der Waals surface area contributed by atoms with Crippen molar-refractivity contribution in [3.05, 3.63) is 54.6 Å². The van der Waals surface area contributed by atoms with Gasteiger partial charge >= 0.3 is 11.9 Å². The van der Waals surface area contributed by atoms with Crippen LogP contribution in [0.25, 0.3) is 10.9 Å².